The molecule has 2 N–H and O–H groups in total. The van der Waals surface area contributed by atoms with Crippen LogP contribution in [0.15, 0.2) is 43.2 Å². The Labute approximate surface area is 145 Å². The molecule has 25 heavy (non-hydrogen) atoms. The Morgan fingerprint density at radius 1 is 1.36 bits per heavy atom. The van der Waals surface area contributed by atoms with Crippen molar-refractivity contribution in [3.63, 3.8) is 0 Å². The fourth-order valence-electron chi connectivity index (χ4n) is 2.79. The van der Waals surface area contributed by atoms with Crippen molar-refractivity contribution < 1.29 is 9.18 Å². The van der Waals surface area contributed by atoms with Gasteiger partial charge in [0.25, 0.3) is 0 Å². The molecule has 1 amide bonds. The van der Waals surface area contributed by atoms with Crippen molar-refractivity contribution in [3.8, 4) is 0 Å². The molecule has 3 rings (SSSR count). The quantitative estimate of drug-likeness (QED) is 0.819. The van der Waals surface area contributed by atoms with E-state index in [0.29, 0.717) is 30.3 Å². The molecule has 6 nitrogen and oxygen atoms in total. The van der Waals surface area contributed by atoms with Crippen molar-refractivity contribution in [2.75, 3.05) is 23.7 Å². The van der Waals surface area contributed by atoms with Gasteiger partial charge in [-0.1, -0.05) is 6.58 Å². The number of carbonyl (C=O) groups excluding carboxylic acids is 1. The maximum absolute atomic E-state index is 13.3. The van der Waals surface area contributed by atoms with Gasteiger partial charge in [-0.3, -0.25) is 4.79 Å². The molecule has 2 heterocycles. The van der Waals surface area contributed by atoms with E-state index in [0.717, 1.165) is 12.1 Å². The second kappa shape index (κ2) is 7.29. The summed E-state index contributed by atoms with van der Waals surface area (Å²) in [6, 6.07) is 6.73. The number of nitrogens with zero attached hydrogens (tertiary/aromatic N) is 3. The molecule has 0 bridgehead atoms. The number of amides is 1. The molecule has 0 spiro atoms. The Hall–Kier alpha value is -2.96. The maximum Gasteiger partial charge on any atom is 0.246 e. The number of hydrogen-bond donors (Lipinski definition) is 2. The van der Waals surface area contributed by atoms with E-state index in [9.17, 15) is 9.18 Å². The maximum atomic E-state index is 13.3. The van der Waals surface area contributed by atoms with E-state index in [-0.39, 0.29) is 17.8 Å². The molecule has 130 valence electrons. The number of aromatic nitrogens is 2. The number of likely N-dealkylation sites (tertiary alicyclic amines) is 1. The predicted molar refractivity (Wildman–Crippen MR) is 95.3 cm³/mol. The van der Waals surface area contributed by atoms with Gasteiger partial charge in [0.15, 0.2) is 0 Å². The van der Waals surface area contributed by atoms with Gasteiger partial charge in [-0.15, -0.1) is 0 Å². The summed E-state index contributed by atoms with van der Waals surface area (Å²) in [5.74, 6) is 0.992. The molecule has 1 aliphatic rings. The van der Waals surface area contributed by atoms with E-state index in [1.165, 1.54) is 18.5 Å². The van der Waals surface area contributed by atoms with E-state index < -0.39 is 0 Å². The Balaban J connectivity index is 1.64. The number of nitrogens with one attached hydrogen (secondary N) is 2. The topological polar surface area (TPSA) is 70.2 Å². The fourth-order valence-corrected chi connectivity index (χ4v) is 2.79. The zero-order valence-corrected chi connectivity index (χ0v) is 14.0. The minimum Gasteiger partial charge on any atom is -0.365 e. The number of halogens is 1. The highest BCUT2D eigenvalue weighted by molar-refractivity contribution is 5.87. The summed E-state index contributed by atoms with van der Waals surface area (Å²) in [5.41, 5.74) is 1.32. The van der Waals surface area contributed by atoms with Gasteiger partial charge in [0.05, 0.1) is 0 Å². The van der Waals surface area contributed by atoms with Crippen LogP contribution in [0.1, 0.15) is 12.0 Å². The number of anilines is 3. The van der Waals surface area contributed by atoms with Crippen LogP contribution in [0.25, 0.3) is 0 Å². The van der Waals surface area contributed by atoms with E-state index in [2.05, 4.69) is 27.2 Å². The summed E-state index contributed by atoms with van der Waals surface area (Å²) in [6.07, 6.45) is 3.64. The third kappa shape index (κ3) is 4.12. The molecule has 1 aromatic carbocycles. The highest BCUT2D eigenvalue weighted by Crippen LogP contribution is 2.20. The number of carbonyl (C=O) groups is 1. The van der Waals surface area contributed by atoms with Crippen LogP contribution in [0, 0.1) is 12.7 Å². The zero-order valence-electron chi connectivity index (χ0n) is 14.0. The van der Waals surface area contributed by atoms with Gasteiger partial charge in [0.2, 0.25) is 5.91 Å². The van der Waals surface area contributed by atoms with Gasteiger partial charge in [-0.2, -0.15) is 0 Å². The molecular weight excluding hydrogens is 321 g/mol. The average molecular weight is 341 g/mol. The first kappa shape index (κ1) is 16.9. The third-order valence-electron chi connectivity index (χ3n) is 4.12. The summed E-state index contributed by atoms with van der Waals surface area (Å²) in [7, 11) is 0. The normalized spacial score (nSPS) is 16.6. The van der Waals surface area contributed by atoms with Crippen LogP contribution in [-0.2, 0) is 4.79 Å². The third-order valence-corrected chi connectivity index (χ3v) is 4.12. The minimum absolute atomic E-state index is 0.0546. The first-order chi connectivity index (χ1) is 12.0. The van der Waals surface area contributed by atoms with E-state index in [1.807, 2.05) is 0 Å². The lowest BCUT2D eigenvalue weighted by Gasteiger charge is -2.16. The molecular formula is C18H20FN5O. The van der Waals surface area contributed by atoms with Crippen molar-refractivity contribution in [1.29, 1.82) is 0 Å². The lowest BCUT2D eigenvalue weighted by Crippen LogP contribution is -2.30. The molecule has 1 fully saturated rings. The lowest BCUT2D eigenvalue weighted by molar-refractivity contribution is -0.125. The van der Waals surface area contributed by atoms with Gasteiger partial charge < -0.3 is 15.5 Å². The Bertz CT molecular complexity index is 795. The number of aryl methyl sites for hydroxylation is 1. The van der Waals surface area contributed by atoms with Crippen molar-refractivity contribution in [3.05, 3.63) is 54.6 Å². The smallest absolute Gasteiger partial charge is 0.246 e. The first-order valence-electron chi connectivity index (χ1n) is 8.08. The van der Waals surface area contributed by atoms with Gasteiger partial charge in [-0.05, 0) is 43.2 Å². The number of hydrogen-bond acceptors (Lipinski definition) is 5. The van der Waals surface area contributed by atoms with Gasteiger partial charge >= 0.3 is 0 Å². The van der Waals surface area contributed by atoms with Gasteiger partial charge in [0.1, 0.15) is 23.8 Å². The van der Waals surface area contributed by atoms with Crippen LogP contribution in [0.3, 0.4) is 0 Å². The van der Waals surface area contributed by atoms with Crippen LogP contribution in [0.2, 0.25) is 0 Å². The summed E-state index contributed by atoms with van der Waals surface area (Å²) in [6.45, 7) is 6.55. The summed E-state index contributed by atoms with van der Waals surface area (Å²) < 4.78 is 13.3. The Morgan fingerprint density at radius 3 is 2.92 bits per heavy atom. The van der Waals surface area contributed by atoms with Crippen LogP contribution in [-0.4, -0.2) is 39.9 Å². The highest BCUT2D eigenvalue weighted by atomic mass is 19.1. The standard InChI is InChI=1S/C18H20FN5O/c1-3-18(25)24-7-6-14(10-24)23-17-9-16(20-11-21-17)22-13-4-5-15(19)12(2)8-13/h3-5,8-9,11,14H,1,6-7,10H2,2H3,(H2,20,21,22,23). The second-order valence-electron chi connectivity index (χ2n) is 6.00. The van der Waals surface area contributed by atoms with Crippen molar-refractivity contribution >= 4 is 23.2 Å². The summed E-state index contributed by atoms with van der Waals surface area (Å²) in [5, 5.41) is 6.45. The summed E-state index contributed by atoms with van der Waals surface area (Å²) >= 11 is 0. The Kier molecular flexibility index (Phi) is 4.92. The molecule has 1 saturated heterocycles. The monoisotopic (exact) mass is 341 g/mol. The van der Waals surface area contributed by atoms with Crippen LogP contribution >= 0.6 is 0 Å². The van der Waals surface area contributed by atoms with Crippen molar-refractivity contribution in [2.24, 2.45) is 0 Å². The second-order valence-corrected chi connectivity index (χ2v) is 6.00. The lowest BCUT2D eigenvalue weighted by atomic mass is 10.2. The molecule has 2 aromatic rings. The van der Waals surface area contributed by atoms with Gasteiger partial charge in [-0.25, -0.2) is 14.4 Å². The summed E-state index contributed by atoms with van der Waals surface area (Å²) in [4.78, 5) is 21.8. The largest absolute Gasteiger partial charge is 0.365 e. The van der Waals surface area contributed by atoms with E-state index in [4.69, 9.17) is 0 Å². The van der Waals surface area contributed by atoms with Gasteiger partial charge in [0, 0.05) is 30.9 Å². The van der Waals surface area contributed by atoms with Crippen LogP contribution < -0.4 is 10.6 Å². The van der Waals surface area contributed by atoms with E-state index in [1.54, 1.807) is 30.0 Å². The van der Waals surface area contributed by atoms with E-state index >= 15 is 0 Å². The molecule has 7 heteroatoms. The van der Waals surface area contributed by atoms with Crippen molar-refractivity contribution in [1.82, 2.24) is 14.9 Å². The van der Waals surface area contributed by atoms with Crippen LogP contribution in [0.4, 0.5) is 21.7 Å². The zero-order chi connectivity index (χ0) is 17.8. The molecule has 0 radical (unpaired) electrons. The molecule has 0 aliphatic carbocycles. The molecule has 0 saturated carbocycles. The number of benzene rings is 1. The fraction of sp³-hybridized carbons (Fsp3) is 0.278. The average Bonchev–Trinajstić information content (AvgIpc) is 3.06. The molecule has 1 aliphatic heterocycles. The Morgan fingerprint density at radius 2 is 2.16 bits per heavy atom. The predicted octanol–water partition coefficient (Wildman–Crippen LogP) is 2.87. The first-order valence-corrected chi connectivity index (χ1v) is 8.08. The highest BCUT2D eigenvalue weighted by Gasteiger charge is 2.24. The molecule has 1 aromatic heterocycles. The molecule has 1 atom stereocenters. The van der Waals surface area contributed by atoms with Crippen LogP contribution in [0.5, 0.6) is 0 Å². The van der Waals surface area contributed by atoms with Crippen molar-refractivity contribution in [2.45, 2.75) is 19.4 Å². The minimum atomic E-state index is -0.240. The number of rotatable bonds is 5. The SMILES string of the molecule is C=CC(=O)N1CCC(Nc2cc(Nc3ccc(F)c(C)c3)ncn2)C1. The molecule has 1 unspecified atom stereocenters.